The van der Waals surface area contributed by atoms with Crippen molar-refractivity contribution < 1.29 is 4.74 Å². The summed E-state index contributed by atoms with van der Waals surface area (Å²) in [4.78, 5) is 4.59. The number of ether oxygens (including phenoxy) is 1. The van der Waals surface area contributed by atoms with Gasteiger partial charge in [0.25, 0.3) is 0 Å². The molecule has 4 nitrogen and oxygen atoms in total. The first-order valence-corrected chi connectivity index (χ1v) is 7.37. The number of hydrogen-bond acceptors (Lipinski definition) is 3. The predicted molar refractivity (Wildman–Crippen MR) is 91.6 cm³/mol. The van der Waals surface area contributed by atoms with E-state index in [9.17, 15) is 0 Å². The van der Waals surface area contributed by atoms with Crippen molar-refractivity contribution in [2.45, 2.75) is 0 Å². The van der Waals surface area contributed by atoms with Gasteiger partial charge in [-0.2, -0.15) is 0 Å². The van der Waals surface area contributed by atoms with Gasteiger partial charge in [-0.1, -0.05) is 24.3 Å². The first-order chi connectivity index (χ1) is 11.3. The third kappa shape index (κ3) is 2.51. The van der Waals surface area contributed by atoms with Gasteiger partial charge in [-0.3, -0.25) is 4.40 Å². The second-order valence-electron chi connectivity index (χ2n) is 5.21. The van der Waals surface area contributed by atoms with Crippen LogP contribution in [0.5, 0.6) is 11.5 Å². The molecule has 0 spiro atoms. The van der Waals surface area contributed by atoms with Gasteiger partial charge in [-0.25, -0.2) is 4.98 Å². The molecule has 2 aromatic carbocycles. The first kappa shape index (κ1) is 13.4. The average Bonchev–Trinajstić information content (AvgIpc) is 2.94. The molecule has 0 saturated carbocycles. The number of para-hydroxylation sites is 1. The molecule has 0 amide bonds. The van der Waals surface area contributed by atoms with Crippen molar-refractivity contribution in [2.24, 2.45) is 0 Å². The molecule has 4 rings (SSSR count). The number of anilines is 1. The van der Waals surface area contributed by atoms with Gasteiger partial charge in [0.15, 0.2) is 0 Å². The standard InChI is InChI=1S/C19H15N3O/c20-19-18(21-17-8-4-5-13-22(17)19)14-9-11-16(12-10-14)23-15-6-2-1-3-7-15/h1-13H,20H2. The smallest absolute Gasteiger partial charge is 0.139 e. The molecule has 2 heterocycles. The zero-order chi connectivity index (χ0) is 15.6. The van der Waals surface area contributed by atoms with Crippen molar-refractivity contribution in [3.05, 3.63) is 79.0 Å². The van der Waals surface area contributed by atoms with Gasteiger partial charge in [0.05, 0.1) is 0 Å². The lowest BCUT2D eigenvalue weighted by molar-refractivity contribution is 0.483. The highest BCUT2D eigenvalue weighted by Gasteiger charge is 2.10. The minimum atomic E-state index is 0.636. The van der Waals surface area contributed by atoms with Gasteiger partial charge >= 0.3 is 0 Å². The largest absolute Gasteiger partial charge is 0.457 e. The van der Waals surface area contributed by atoms with Crippen LogP contribution in [0.25, 0.3) is 16.9 Å². The van der Waals surface area contributed by atoms with Crippen LogP contribution in [0.2, 0.25) is 0 Å². The molecule has 0 radical (unpaired) electrons. The van der Waals surface area contributed by atoms with E-state index < -0.39 is 0 Å². The number of hydrogen-bond donors (Lipinski definition) is 1. The molecule has 4 aromatic rings. The summed E-state index contributed by atoms with van der Waals surface area (Å²) in [7, 11) is 0. The number of benzene rings is 2. The van der Waals surface area contributed by atoms with Crippen LogP contribution in [0.3, 0.4) is 0 Å². The Hall–Kier alpha value is -3.27. The Balaban J connectivity index is 1.66. The van der Waals surface area contributed by atoms with E-state index in [1.165, 1.54) is 0 Å². The van der Waals surface area contributed by atoms with Crippen molar-refractivity contribution in [1.82, 2.24) is 9.38 Å². The zero-order valence-electron chi connectivity index (χ0n) is 12.4. The molecule has 4 heteroatoms. The molecule has 0 aliphatic carbocycles. The Labute approximate surface area is 133 Å². The number of imidazole rings is 1. The van der Waals surface area contributed by atoms with Crippen LogP contribution in [0.1, 0.15) is 0 Å². The number of fused-ring (bicyclic) bond motifs is 1. The van der Waals surface area contributed by atoms with Crippen LogP contribution in [0.15, 0.2) is 79.0 Å². The third-order valence-electron chi connectivity index (χ3n) is 3.67. The lowest BCUT2D eigenvalue weighted by atomic mass is 10.1. The van der Waals surface area contributed by atoms with Crippen molar-refractivity contribution >= 4 is 11.5 Å². The molecule has 23 heavy (non-hydrogen) atoms. The van der Waals surface area contributed by atoms with Gasteiger partial charge in [-0.15, -0.1) is 0 Å². The monoisotopic (exact) mass is 301 g/mol. The van der Waals surface area contributed by atoms with E-state index in [-0.39, 0.29) is 0 Å². The highest BCUT2D eigenvalue weighted by Crippen LogP contribution is 2.29. The number of nitrogen functional groups attached to an aromatic ring is 1. The minimum absolute atomic E-state index is 0.636. The topological polar surface area (TPSA) is 52.5 Å². The maximum Gasteiger partial charge on any atom is 0.139 e. The molecule has 2 N–H and O–H groups in total. The van der Waals surface area contributed by atoms with E-state index in [4.69, 9.17) is 10.5 Å². The average molecular weight is 301 g/mol. The van der Waals surface area contributed by atoms with Crippen LogP contribution in [0.4, 0.5) is 5.82 Å². The fourth-order valence-corrected chi connectivity index (χ4v) is 2.53. The highest BCUT2D eigenvalue weighted by molar-refractivity contribution is 5.75. The minimum Gasteiger partial charge on any atom is -0.457 e. The van der Waals surface area contributed by atoms with E-state index in [1.54, 1.807) is 0 Å². The van der Waals surface area contributed by atoms with Crippen LogP contribution >= 0.6 is 0 Å². The van der Waals surface area contributed by atoms with E-state index >= 15 is 0 Å². The van der Waals surface area contributed by atoms with Crippen LogP contribution < -0.4 is 10.5 Å². The summed E-state index contributed by atoms with van der Waals surface area (Å²) in [5.41, 5.74) is 8.78. The molecule has 0 aliphatic heterocycles. The number of nitrogens with zero attached hydrogens (tertiary/aromatic N) is 2. The molecule has 0 aliphatic rings. The van der Waals surface area contributed by atoms with Crippen LogP contribution in [-0.2, 0) is 0 Å². The summed E-state index contributed by atoms with van der Waals surface area (Å²) in [5, 5.41) is 0. The summed E-state index contributed by atoms with van der Waals surface area (Å²) in [6, 6.07) is 23.3. The predicted octanol–water partition coefficient (Wildman–Crippen LogP) is 4.38. The van der Waals surface area contributed by atoms with Crippen LogP contribution in [0, 0.1) is 0 Å². The lowest BCUT2D eigenvalue weighted by Crippen LogP contribution is -1.93. The molecular formula is C19H15N3O. The Kier molecular flexibility index (Phi) is 3.20. The maximum absolute atomic E-state index is 6.20. The quantitative estimate of drug-likeness (QED) is 0.611. The number of pyridine rings is 1. The fraction of sp³-hybridized carbons (Fsp3) is 0. The zero-order valence-corrected chi connectivity index (χ0v) is 12.4. The third-order valence-corrected chi connectivity index (χ3v) is 3.67. The molecule has 0 fully saturated rings. The van der Waals surface area contributed by atoms with Crippen molar-refractivity contribution in [3.8, 4) is 22.8 Å². The van der Waals surface area contributed by atoms with Gasteiger partial charge in [-0.05, 0) is 48.5 Å². The van der Waals surface area contributed by atoms with Gasteiger partial charge < -0.3 is 10.5 Å². The first-order valence-electron chi connectivity index (χ1n) is 7.37. The molecule has 0 saturated heterocycles. The number of nitrogens with two attached hydrogens (primary N) is 1. The summed E-state index contributed by atoms with van der Waals surface area (Å²) in [5.74, 6) is 2.23. The summed E-state index contributed by atoms with van der Waals surface area (Å²) < 4.78 is 7.68. The van der Waals surface area contributed by atoms with Gasteiger partial charge in [0.2, 0.25) is 0 Å². The fourth-order valence-electron chi connectivity index (χ4n) is 2.53. The Morgan fingerprint density at radius 2 is 1.48 bits per heavy atom. The number of rotatable bonds is 3. The van der Waals surface area contributed by atoms with Gasteiger partial charge in [0, 0.05) is 11.8 Å². The highest BCUT2D eigenvalue weighted by atomic mass is 16.5. The molecule has 0 atom stereocenters. The maximum atomic E-state index is 6.20. The van der Waals surface area contributed by atoms with Crippen molar-refractivity contribution in [1.29, 1.82) is 0 Å². The summed E-state index contributed by atoms with van der Waals surface area (Å²) in [6.07, 6.45) is 1.91. The Morgan fingerprint density at radius 1 is 0.783 bits per heavy atom. The number of aromatic nitrogens is 2. The SMILES string of the molecule is Nc1c(-c2ccc(Oc3ccccc3)cc2)nc2ccccn12. The summed E-state index contributed by atoms with van der Waals surface area (Å²) in [6.45, 7) is 0. The van der Waals surface area contributed by atoms with E-state index in [0.717, 1.165) is 28.4 Å². The summed E-state index contributed by atoms with van der Waals surface area (Å²) >= 11 is 0. The molecule has 0 bridgehead atoms. The second kappa shape index (κ2) is 5.50. The Morgan fingerprint density at radius 3 is 2.22 bits per heavy atom. The molecule has 112 valence electrons. The van der Waals surface area contributed by atoms with Gasteiger partial charge in [0.1, 0.15) is 28.7 Å². The molecule has 0 unspecified atom stereocenters. The van der Waals surface area contributed by atoms with E-state index in [1.807, 2.05) is 83.4 Å². The lowest BCUT2D eigenvalue weighted by Gasteiger charge is -2.06. The Bertz CT molecular complexity index is 943. The van der Waals surface area contributed by atoms with E-state index in [2.05, 4.69) is 4.98 Å². The molecule has 2 aromatic heterocycles. The van der Waals surface area contributed by atoms with Crippen molar-refractivity contribution in [3.63, 3.8) is 0 Å². The van der Waals surface area contributed by atoms with Crippen molar-refractivity contribution in [2.75, 3.05) is 5.73 Å². The normalized spacial score (nSPS) is 10.8. The molecular weight excluding hydrogens is 286 g/mol. The van der Waals surface area contributed by atoms with Crippen LogP contribution in [-0.4, -0.2) is 9.38 Å². The second-order valence-corrected chi connectivity index (χ2v) is 5.21. The van der Waals surface area contributed by atoms with E-state index in [0.29, 0.717) is 5.82 Å².